The van der Waals surface area contributed by atoms with Crippen molar-refractivity contribution in [3.63, 3.8) is 0 Å². The Bertz CT molecular complexity index is 494. The molecule has 1 fully saturated rings. The Balaban J connectivity index is 2.06. The summed E-state index contributed by atoms with van der Waals surface area (Å²) < 4.78 is 0. The van der Waals surface area contributed by atoms with Crippen molar-refractivity contribution < 1.29 is 9.90 Å². The van der Waals surface area contributed by atoms with Crippen molar-refractivity contribution in [2.45, 2.75) is 46.5 Å². The highest BCUT2D eigenvalue weighted by molar-refractivity contribution is 5.75. The molecule has 0 atom stereocenters. The molecule has 0 aromatic carbocycles. The Kier molecular flexibility index (Phi) is 4.26. The van der Waals surface area contributed by atoms with Crippen molar-refractivity contribution in [2.24, 2.45) is 11.3 Å². The number of rotatable bonds is 4. The second-order valence-electron chi connectivity index (χ2n) is 6.05. The molecule has 0 unspecified atom stereocenters. The lowest BCUT2D eigenvalue weighted by atomic mass is 9.71. The maximum absolute atomic E-state index is 11.6. The molecule has 0 spiro atoms. The van der Waals surface area contributed by atoms with E-state index in [9.17, 15) is 9.90 Å². The van der Waals surface area contributed by atoms with Crippen LogP contribution >= 0.6 is 0 Å². The number of nitrogens with one attached hydrogen (secondary N) is 1. The molecule has 5 heteroatoms. The third-order valence-corrected chi connectivity index (χ3v) is 4.49. The number of aliphatic carboxylic acids is 1. The lowest BCUT2D eigenvalue weighted by Gasteiger charge is -2.35. The lowest BCUT2D eigenvalue weighted by Crippen LogP contribution is -2.41. The van der Waals surface area contributed by atoms with Crippen LogP contribution in [-0.4, -0.2) is 27.6 Å². The first-order valence-corrected chi connectivity index (χ1v) is 7.20. The molecule has 0 aliphatic heterocycles. The van der Waals surface area contributed by atoms with E-state index in [1.165, 1.54) is 0 Å². The van der Waals surface area contributed by atoms with Gasteiger partial charge >= 0.3 is 5.97 Å². The highest BCUT2D eigenvalue weighted by atomic mass is 16.4. The molecule has 110 valence electrons. The standard InChI is InChI=1S/C15H23N3O2/c1-10-4-6-15(7-5-10,14(19)20)9-17-13-8-16-11(2)12(3)18-13/h8,10H,4-7,9H2,1-3H3,(H,17,18)(H,19,20). The molecule has 20 heavy (non-hydrogen) atoms. The molecular weight excluding hydrogens is 254 g/mol. The minimum atomic E-state index is -0.700. The van der Waals surface area contributed by atoms with Gasteiger partial charge in [-0.1, -0.05) is 6.92 Å². The summed E-state index contributed by atoms with van der Waals surface area (Å²) in [6.45, 7) is 6.43. The molecule has 2 rings (SSSR count). The lowest BCUT2D eigenvalue weighted by molar-refractivity contribution is -0.150. The van der Waals surface area contributed by atoms with Crippen LogP contribution in [0, 0.1) is 25.2 Å². The van der Waals surface area contributed by atoms with Crippen molar-refractivity contribution in [1.82, 2.24) is 9.97 Å². The van der Waals surface area contributed by atoms with Gasteiger partial charge < -0.3 is 10.4 Å². The van der Waals surface area contributed by atoms with Crippen LogP contribution in [-0.2, 0) is 4.79 Å². The summed E-state index contributed by atoms with van der Waals surface area (Å²) in [6.07, 6.45) is 5.09. The first-order chi connectivity index (χ1) is 9.43. The Morgan fingerprint density at radius 2 is 2.05 bits per heavy atom. The van der Waals surface area contributed by atoms with Crippen LogP contribution in [0.1, 0.15) is 44.0 Å². The zero-order valence-electron chi connectivity index (χ0n) is 12.4. The smallest absolute Gasteiger partial charge is 0.311 e. The minimum Gasteiger partial charge on any atom is -0.481 e. The van der Waals surface area contributed by atoms with Crippen LogP contribution in [0.2, 0.25) is 0 Å². The summed E-state index contributed by atoms with van der Waals surface area (Å²) in [6, 6.07) is 0. The van der Waals surface area contributed by atoms with Crippen LogP contribution in [0.5, 0.6) is 0 Å². The molecule has 0 radical (unpaired) electrons. The Morgan fingerprint density at radius 1 is 1.40 bits per heavy atom. The molecule has 2 N–H and O–H groups in total. The predicted octanol–water partition coefficient (Wildman–Crippen LogP) is 2.79. The topological polar surface area (TPSA) is 75.1 Å². The van der Waals surface area contributed by atoms with Gasteiger partial charge in [0, 0.05) is 6.54 Å². The fourth-order valence-corrected chi connectivity index (χ4v) is 2.67. The summed E-state index contributed by atoms with van der Waals surface area (Å²) in [5.41, 5.74) is 1.11. The van der Waals surface area contributed by atoms with Crippen molar-refractivity contribution in [2.75, 3.05) is 11.9 Å². The van der Waals surface area contributed by atoms with Crippen LogP contribution in [0.3, 0.4) is 0 Å². The zero-order valence-corrected chi connectivity index (χ0v) is 12.4. The maximum atomic E-state index is 11.6. The first kappa shape index (κ1) is 14.8. The monoisotopic (exact) mass is 277 g/mol. The first-order valence-electron chi connectivity index (χ1n) is 7.20. The van der Waals surface area contributed by atoms with Crippen LogP contribution < -0.4 is 5.32 Å². The number of aryl methyl sites for hydroxylation is 2. The molecule has 1 saturated carbocycles. The number of hydrogen-bond acceptors (Lipinski definition) is 4. The summed E-state index contributed by atoms with van der Waals surface area (Å²) in [5.74, 6) is 0.588. The van der Waals surface area contributed by atoms with E-state index in [1.807, 2.05) is 13.8 Å². The predicted molar refractivity (Wildman–Crippen MR) is 77.7 cm³/mol. The van der Waals surface area contributed by atoms with Crippen molar-refractivity contribution in [1.29, 1.82) is 0 Å². The Labute approximate surface area is 119 Å². The van der Waals surface area contributed by atoms with E-state index >= 15 is 0 Å². The quantitative estimate of drug-likeness (QED) is 0.885. The fraction of sp³-hybridized carbons (Fsp3) is 0.667. The van der Waals surface area contributed by atoms with E-state index in [4.69, 9.17) is 0 Å². The Morgan fingerprint density at radius 3 is 2.60 bits per heavy atom. The molecule has 0 amide bonds. The normalized spacial score (nSPS) is 26.2. The number of nitrogens with zero attached hydrogens (tertiary/aromatic N) is 2. The fourth-order valence-electron chi connectivity index (χ4n) is 2.67. The van der Waals surface area contributed by atoms with Gasteiger partial charge in [-0.25, -0.2) is 4.98 Å². The van der Waals surface area contributed by atoms with Crippen LogP contribution in [0.4, 0.5) is 5.82 Å². The van der Waals surface area contributed by atoms with Crippen LogP contribution in [0.15, 0.2) is 6.20 Å². The van der Waals surface area contributed by atoms with Crippen molar-refractivity contribution in [3.05, 3.63) is 17.6 Å². The third kappa shape index (κ3) is 3.08. The second-order valence-corrected chi connectivity index (χ2v) is 6.05. The molecule has 0 saturated heterocycles. The molecule has 1 heterocycles. The number of carboxylic acids is 1. The van der Waals surface area contributed by atoms with E-state index in [0.29, 0.717) is 18.3 Å². The van der Waals surface area contributed by atoms with Gasteiger partial charge in [-0.15, -0.1) is 0 Å². The Hall–Kier alpha value is -1.65. The molecule has 1 aromatic rings. The van der Waals surface area contributed by atoms with Gasteiger partial charge in [-0.2, -0.15) is 0 Å². The molecule has 1 aliphatic rings. The van der Waals surface area contributed by atoms with E-state index in [2.05, 4.69) is 22.2 Å². The number of hydrogen-bond donors (Lipinski definition) is 2. The minimum absolute atomic E-state index is 0.423. The summed E-state index contributed by atoms with van der Waals surface area (Å²) in [5, 5.41) is 12.7. The van der Waals surface area contributed by atoms with Gasteiger partial charge in [0.1, 0.15) is 5.82 Å². The van der Waals surface area contributed by atoms with E-state index < -0.39 is 11.4 Å². The van der Waals surface area contributed by atoms with Gasteiger partial charge in [0.15, 0.2) is 0 Å². The van der Waals surface area contributed by atoms with E-state index in [-0.39, 0.29) is 0 Å². The SMILES string of the molecule is Cc1ncc(NCC2(C(=O)O)CCC(C)CC2)nc1C. The van der Waals surface area contributed by atoms with Crippen LogP contribution in [0.25, 0.3) is 0 Å². The number of anilines is 1. The maximum Gasteiger partial charge on any atom is 0.311 e. The molecule has 5 nitrogen and oxygen atoms in total. The molecule has 1 aliphatic carbocycles. The zero-order chi connectivity index (χ0) is 14.8. The van der Waals surface area contributed by atoms with E-state index in [1.54, 1.807) is 6.20 Å². The number of aromatic nitrogens is 2. The second kappa shape index (κ2) is 5.77. The third-order valence-electron chi connectivity index (χ3n) is 4.49. The highest BCUT2D eigenvalue weighted by Gasteiger charge is 2.41. The molecule has 1 aromatic heterocycles. The van der Waals surface area contributed by atoms with Gasteiger partial charge in [0.2, 0.25) is 0 Å². The van der Waals surface area contributed by atoms with Crippen molar-refractivity contribution >= 4 is 11.8 Å². The number of carboxylic acid groups (broad SMARTS) is 1. The highest BCUT2D eigenvalue weighted by Crippen LogP contribution is 2.39. The molecular formula is C15H23N3O2. The van der Waals surface area contributed by atoms with Gasteiger partial charge in [-0.3, -0.25) is 9.78 Å². The molecule has 0 bridgehead atoms. The van der Waals surface area contributed by atoms with Gasteiger partial charge in [0.05, 0.1) is 23.0 Å². The average molecular weight is 277 g/mol. The van der Waals surface area contributed by atoms with E-state index in [0.717, 1.165) is 37.1 Å². The summed E-state index contributed by atoms with van der Waals surface area (Å²) in [4.78, 5) is 20.3. The summed E-state index contributed by atoms with van der Waals surface area (Å²) >= 11 is 0. The number of carbonyl (C=O) groups is 1. The largest absolute Gasteiger partial charge is 0.481 e. The van der Waals surface area contributed by atoms with Crippen molar-refractivity contribution in [3.8, 4) is 0 Å². The van der Waals surface area contributed by atoms with Gasteiger partial charge in [0.25, 0.3) is 0 Å². The van der Waals surface area contributed by atoms with Gasteiger partial charge in [-0.05, 0) is 45.4 Å². The summed E-state index contributed by atoms with van der Waals surface area (Å²) in [7, 11) is 0. The average Bonchev–Trinajstić information content (AvgIpc) is 2.42.